The van der Waals surface area contributed by atoms with Gasteiger partial charge in [0, 0.05) is 0 Å². The molecule has 1 unspecified atom stereocenters. The molecule has 0 saturated carbocycles. The van der Waals surface area contributed by atoms with Crippen LogP contribution in [0.5, 0.6) is 0 Å². The van der Waals surface area contributed by atoms with Crippen LogP contribution in [0.3, 0.4) is 0 Å². The van der Waals surface area contributed by atoms with Crippen LogP contribution in [-0.4, -0.2) is 23.8 Å². The molecule has 1 aliphatic heterocycles. The Bertz CT molecular complexity index is 485. The molecule has 6 heteroatoms. The van der Waals surface area contributed by atoms with E-state index in [-0.39, 0.29) is 12.4 Å². The second-order valence-electron chi connectivity index (χ2n) is 3.95. The number of hydrogen-bond acceptors (Lipinski definition) is 5. The van der Waals surface area contributed by atoms with Crippen molar-refractivity contribution in [2.24, 2.45) is 22.2 Å². The molecule has 1 aromatic carbocycles. The topological polar surface area (TPSA) is 120 Å². The van der Waals surface area contributed by atoms with Crippen LogP contribution in [0.2, 0.25) is 0 Å². The largest absolute Gasteiger partial charge is 0.385 e. The third-order valence-corrected chi connectivity index (χ3v) is 2.87. The van der Waals surface area contributed by atoms with Gasteiger partial charge in [0.05, 0.1) is 11.4 Å². The number of nitrogens with two attached hydrogens (primary N) is 3. The van der Waals surface area contributed by atoms with Gasteiger partial charge in [0.2, 0.25) is 0 Å². The van der Waals surface area contributed by atoms with Gasteiger partial charge in [-0.15, -0.1) is 0 Å². The van der Waals surface area contributed by atoms with Crippen molar-refractivity contribution < 1.29 is 4.79 Å². The second kappa shape index (κ2) is 4.06. The maximum atomic E-state index is 11.6. The van der Waals surface area contributed by atoms with E-state index in [2.05, 4.69) is 10.3 Å². The van der Waals surface area contributed by atoms with Gasteiger partial charge in [0.1, 0.15) is 5.84 Å². The zero-order valence-corrected chi connectivity index (χ0v) is 9.31. The smallest absolute Gasteiger partial charge is 0.251 e. The van der Waals surface area contributed by atoms with Crippen LogP contribution in [0.25, 0.3) is 0 Å². The minimum absolute atomic E-state index is 0.161. The van der Waals surface area contributed by atoms with Gasteiger partial charge in [-0.1, -0.05) is 12.1 Å². The first-order chi connectivity index (χ1) is 8.10. The number of benzene rings is 1. The van der Waals surface area contributed by atoms with E-state index in [9.17, 15) is 4.79 Å². The Hall–Kier alpha value is -2.08. The number of carbonyl (C=O) groups is 1. The zero-order chi connectivity index (χ0) is 12.5. The third-order valence-electron chi connectivity index (χ3n) is 2.87. The number of nitrogens with zero attached hydrogens (tertiary/aromatic N) is 1. The molecule has 0 spiro atoms. The fourth-order valence-electron chi connectivity index (χ4n) is 1.91. The number of rotatable bonds is 3. The first kappa shape index (κ1) is 11.4. The predicted molar refractivity (Wildman–Crippen MR) is 66.9 cm³/mol. The van der Waals surface area contributed by atoms with Gasteiger partial charge in [-0.05, 0) is 25.1 Å². The summed E-state index contributed by atoms with van der Waals surface area (Å²) in [6, 6.07) is 7.32. The molecule has 0 aromatic heterocycles. The van der Waals surface area contributed by atoms with Crippen molar-refractivity contribution in [2.45, 2.75) is 12.0 Å². The SMILES string of the molecule is NCCC1(C(N)=O)Nc2ccccc2N=C1N. The number of anilines is 1. The van der Waals surface area contributed by atoms with Crippen molar-refractivity contribution in [3.8, 4) is 0 Å². The van der Waals surface area contributed by atoms with Crippen molar-refractivity contribution in [1.82, 2.24) is 0 Å². The van der Waals surface area contributed by atoms with Crippen LogP contribution in [0.4, 0.5) is 11.4 Å². The molecule has 1 aromatic rings. The number of nitrogens with one attached hydrogen (secondary N) is 1. The summed E-state index contributed by atoms with van der Waals surface area (Å²) in [5, 5.41) is 3.05. The van der Waals surface area contributed by atoms with Crippen LogP contribution >= 0.6 is 0 Å². The molecule has 0 bridgehead atoms. The maximum Gasteiger partial charge on any atom is 0.251 e. The number of primary amides is 1. The second-order valence-corrected chi connectivity index (χ2v) is 3.95. The van der Waals surface area contributed by atoms with Crippen LogP contribution in [0.1, 0.15) is 6.42 Å². The van der Waals surface area contributed by atoms with Gasteiger partial charge in [0.25, 0.3) is 5.91 Å². The van der Waals surface area contributed by atoms with Crippen molar-refractivity contribution >= 4 is 23.1 Å². The molecule has 90 valence electrons. The number of fused-ring (bicyclic) bond motifs is 1. The lowest BCUT2D eigenvalue weighted by molar-refractivity contribution is -0.120. The monoisotopic (exact) mass is 233 g/mol. The average Bonchev–Trinajstić information content (AvgIpc) is 2.30. The number of aliphatic imine (C=N–C) groups is 1. The number of amides is 1. The molecular formula is C11H15N5O. The van der Waals surface area contributed by atoms with E-state index in [1.165, 1.54) is 0 Å². The standard InChI is InChI=1S/C11H15N5O/c12-6-5-11(10(14)17)9(13)15-7-3-1-2-4-8(7)16-11/h1-4,16H,5-6,12H2,(H2,13,15)(H2,14,17). The van der Waals surface area contributed by atoms with Gasteiger partial charge < -0.3 is 22.5 Å². The highest BCUT2D eigenvalue weighted by Gasteiger charge is 2.42. The highest BCUT2D eigenvalue weighted by Crippen LogP contribution is 2.33. The van der Waals surface area contributed by atoms with Crippen molar-refractivity contribution in [3.05, 3.63) is 24.3 Å². The van der Waals surface area contributed by atoms with Gasteiger partial charge >= 0.3 is 0 Å². The van der Waals surface area contributed by atoms with E-state index in [4.69, 9.17) is 17.2 Å². The van der Waals surface area contributed by atoms with Crippen LogP contribution in [0.15, 0.2) is 29.3 Å². The summed E-state index contributed by atoms with van der Waals surface area (Å²) in [7, 11) is 0. The predicted octanol–water partition coefficient (Wildman–Crippen LogP) is -0.326. The van der Waals surface area contributed by atoms with E-state index in [1.807, 2.05) is 24.3 Å². The van der Waals surface area contributed by atoms with Crippen molar-refractivity contribution in [3.63, 3.8) is 0 Å². The quantitative estimate of drug-likeness (QED) is 0.571. The Morgan fingerprint density at radius 1 is 1.41 bits per heavy atom. The molecule has 1 heterocycles. The Morgan fingerprint density at radius 3 is 2.76 bits per heavy atom. The number of para-hydroxylation sites is 2. The van der Waals surface area contributed by atoms with Crippen LogP contribution < -0.4 is 22.5 Å². The Labute approximate surface area is 98.9 Å². The van der Waals surface area contributed by atoms with E-state index in [0.717, 1.165) is 5.69 Å². The molecule has 0 radical (unpaired) electrons. The molecule has 1 aliphatic rings. The summed E-state index contributed by atoms with van der Waals surface area (Å²) in [5.74, 6) is -0.409. The number of amidine groups is 1. The fraction of sp³-hybridized carbons (Fsp3) is 0.273. The lowest BCUT2D eigenvalue weighted by Gasteiger charge is -2.35. The fourth-order valence-corrected chi connectivity index (χ4v) is 1.91. The minimum Gasteiger partial charge on any atom is -0.385 e. The summed E-state index contributed by atoms with van der Waals surface area (Å²) in [6.45, 7) is 0.286. The molecule has 0 saturated heterocycles. The van der Waals surface area contributed by atoms with E-state index >= 15 is 0 Å². The van der Waals surface area contributed by atoms with E-state index in [0.29, 0.717) is 12.1 Å². The Morgan fingerprint density at radius 2 is 2.12 bits per heavy atom. The average molecular weight is 233 g/mol. The van der Waals surface area contributed by atoms with Gasteiger partial charge in [-0.2, -0.15) is 0 Å². The van der Waals surface area contributed by atoms with Gasteiger partial charge in [-0.25, -0.2) is 4.99 Å². The lowest BCUT2D eigenvalue weighted by Crippen LogP contribution is -2.61. The molecule has 0 aliphatic carbocycles. The molecule has 0 fully saturated rings. The third kappa shape index (κ3) is 1.72. The summed E-state index contributed by atoms with van der Waals surface area (Å²) >= 11 is 0. The van der Waals surface area contributed by atoms with E-state index < -0.39 is 11.4 Å². The van der Waals surface area contributed by atoms with Crippen LogP contribution in [-0.2, 0) is 4.79 Å². The van der Waals surface area contributed by atoms with Crippen molar-refractivity contribution in [1.29, 1.82) is 0 Å². The van der Waals surface area contributed by atoms with Gasteiger partial charge in [-0.3, -0.25) is 4.79 Å². The van der Waals surface area contributed by atoms with Crippen molar-refractivity contribution in [2.75, 3.05) is 11.9 Å². The maximum absolute atomic E-state index is 11.6. The molecule has 1 amide bonds. The van der Waals surface area contributed by atoms with E-state index in [1.54, 1.807) is 0 Å². The lowest BCUT2D eigenvalue weighted by atomic mass is 9.90. The number of hydrogen-bond donors (Lipinski definition) is 4. The molecule has 2 rings (SSSR count). The zero-order valence-electron chi connectivity index (χ0n) is 9.31. The Balaban J connectivity index is 2.50. The summed E-state index contributed by atoms with van der Waals surface area (Å²) in [5.41, 5.74) is 17.0. The Kier molecular flexibility index (Phi) is 2.72. The first-order valence-electron chi connectivity index (χ1n) is 5.32. The summed E-state index contributed by atoms with van der Waals surface area (Å²) in [4.78, 5) is 15.8. The molecule has 6 nitrogen and oxygen atoms in total. The summed E-state index contributed by atoms with van der Waals surface area (Å²) in [6.07, 6.45) is 0.312. The normalized spacial score (nSPS) is 22.3. The van der Waals surface area contributed by atoms with Crippen LogP contribution in [0, 0.1) is 0 Å². The van der Waals surface area contributed by atoms with Gasteiger partial charge in [0.15, 0.2) is 5.54 Å². The molecule has 7 N–H and O–H groups in total. The number of carbonyl (C=O) groups excluding carboxylic acids is 1. The first-order valence-corrected chi connectivity index (χ1v) is 5.32. The highest BCUT2D eigenvalue weighted by molar-refractivity contribution is 6.16. The molecule has 1 atom stereocenters. The highest BCUT2D eigenvalue weighted by atomic mass is 16.1. The summed E-state index contributed by atoms with van der Waals surface area (Å²) < 4.78 is 0. The molecular weight excluding hydrogens is 218 g/mol. The molecule has 17 heavy (non-hydrogen) atoms. The minimum atomic E-state index is -1.18.